The van der Waals surface area contributed by atoms with Gasteiger partial charge in [0.2, 0.25) is 5.16 Å². The molecule has 2 aromatic heterocycles. The highest BCUT2D eigenvalue weighted by Crippen LogP contribution is 2.32. The zero-order valence-electron chi connectivity index (χ0n) is 14.7. The highest BCUT2D eigenvalue weighted by Gasteiger charge is 2.17. The number of para-hydroxylation sites is 1. The number of H-pyrrole nitrogens is 1. The molecule has 27 heavy (non-hydrogen) atoms. The van der Waals surface area contributed by atoms with Crippen molar-refractivity contribution in [1.29, 1.82) is 0 Å². The molecular formula is C18H16N6O2S. The highest BCUT2D eigenvalue weighted by atomic mass is 32.2. The average Bonchev–Trinajstić information content (AvgIpc) is 3.16. The molecule has 9 heteroatoms. The SMILES string of the molecule is COc1ccc(-n2nnnc2S[C@H](C)c2nc3ccccc3c(=O)[nH]2)cc1. The van der Waals surface area contributed by atoms with Crippen LogP contribution in [0.3, 0.4) is 0 Å². The maximum atomic E-state index is 12.3. The van der Waals surface area contributed by atoms with Gasteiger partial charge >= 0.3 is 0 Å². The van der Waals surface area contributed by atoms with Crippen molar-refractivity contribution in [2.45, 2.75) is 17.3 Å². The Labute approximate surface area is 158 Å². The number of methoxy groups -OCH3 is 1. The summed E-state index contributed by atoms with van der Waals surface area (Å²) in [4.78, 5) is 19.7. The summed E-state index contributed by atoms with van der Waals surface area (Å²) in [5.74, 6) is 1.33. The van der Waals surface area contributed by atoms with Gasteiger partial charge in [0, 0.05) is 0 Å². The predicted octanol–water partition coefficient (Wildman–Crippen LogP) is 2.76. The van der Waals surface area contributed by atoms with Crippen molar-refractivity contribution in [3.05, 3.63) is 64.7 Å². The van der Waals surface area contributed by atoms with Gasteiger partial charge in [-0.3, -0.25) is 4.79 Å². The lowest BCUT2D eigenvalue weighted by atomic mass is 10.2. The van der Waals surface area contributed by atoms with Gasteiger partial charge in [0.15, 0.2) is 0 Å². The van der Waals surface area contributed by atoms with Crippen LogP contribution in [0.5, 0.6) is 5.75 Å². The second-order valence-electron chi connectivity index (χ2n) is 5.80. The van der Waals surface area contributed by atoms with Gasteiger partial charge in [-0.1, -0.05) is 23.9 Å². The van der Waals surface area contributed by atoms with Crippen molar-refractivity contribution < 1.29 is 4.74 Å². The predicted molar refractivity (Wildman–Crippen MR) is 102 cm³/mol. The van der Waals surface area contributed by atoms with E-state index in [-0.39, 0.29) is 10.8 Å². The molecule has 4 aromatic rings. The molecule has 0 aliphatic carbocycles. The standard InChI is InChI=1S/C18H16N6O2S/c1-11(16-19-15-6-4-3-5-14(15)17(25)20-16)27-18-21-22-23-24(18)12-7-9-13(26-2)10-8-12/h3-11H,1-2H3,(H,19,20,25)/t11-/m1/s1. The Morgan fingerprint density at radius 1 is 1.15 bits per heavy atom. The molecule has 8 nitrogen and oxygen atoms in total. The second-order valence-corrected chi connectivity index (χ2v) is 7.11. The zero-order chi connectivity index (χ0) is 18.8. The molecule has 0 bridgehead atoms. The third-order valence-electron chi connectivity index (χ3n) is 4.06. The maximum Gasteiger partial charge on any atom is 0.258 e. The van der Waals surface area contributed by atoms with Crippen molar-refractivity contribution >= 4 is 22.7 Å². The largest absolute Gasteiger partial charge is 0.497 e. The van der Waals surface area contributed by atoms with Crippen molar-refractivity contribution in [2.75, 3.05) is 7.11 Å². The van der Waals surface area contributed by atoms with Crippen LogP contribution in [0.4, 0.5) is 0 Å². The summed E-state index contributed by atoms with van der Waals surface area (Å²) in [5.41, 5.74) is 1.33. The van der Waals surface area contributed by atoms with Crippen LogP contribution in [0.15, 0.2) is 58.5 Å². The normalized spacial score (nSPS) is 12.2. The third-order valence-corrected chi connectivity index (χ3v) is 5.10. The molecule has 2 aromatic carbocycles. The number of hydrogen-bond donors (Lipinski definition) is 1. The quantitative estimate of drug-likeness (QED) is 0.532. The van der Waals surface area contributed by atoms with E-state index in [0.29, 0.717) is 21.9 Å². The van der Waals surface area contributed by atoms with E-state index >= 15 is 0 Å². The van der Waals surface area contributed by atoms with Crippen molar-refractivity contribution in [3.63, 3.8) is 0 Å². The smallest absolute Gasteiger partial charge is 0.258 e. The van der Waals surface area contributed by atoms with E-state index in [0.717, 1.165) is 11.4 Å². The lowest BCUT2D eigenvalue weighted by Gasteiger charge is -2.11. The molecule has 0 aliphatic rings. The molecule has 0 spiro atoms. The summed E-state index contributed by atoms with van der Waals surface area (Å²) in [6, 6.07) is 14.7. The van der Waals surface area contributed by atoms with Crippen LogP contribution >= 0.6 is 11.8 Å². The van der Waals surface area contributed by atoms with Gasteiger partial charge in [0.25, 0.3) is 5.56 Å². The summed E-state index contributed by atoms with van der Waals surface area (Å²) in [6.07, 6.45) is 0. The van der Waals surface area contributed by atoms with Crippen LogP contribution in [-0.4, -0.2) is 37.3 Å². The lowest BCUT2D eigenvalue weighted by molar-refractivity contribution is 0.414. The fourth-order valence-corrected chi connectivity index (χ4v) is 3.51. The van der Waals surface area contributed by atoms with Gasteiger partial charge in [0.05, 0.1) is 29.0 Å². The zero-order valence-corrected chi connectivity index (χ0v) is 15.5. The minimum absolute atomic E-state index is 0.148. The Morgan fingerprint density at radius 2 is 1.93 bits per heavy atom. The number of aromatic nitrogens is 6. The van der Waals surface area contributed by atoms with Gasteiger partial charge in [-0.05, 0) is 53.7 Å². The van der Waals surface area contributed by atoms with Crippen LogP contribution in [0.1, 0.15) is 18.0 Å². The number of aromatic amines is 1. The molecule has 1 atom stereocenters. The van der Waals surface area contributed by atoms with E-state index in [1.54, 1.807) is 17.9 Å². The van der Waals surface area contributed by atoms with Gasteiger partial charge in [0.1, 0.15) is 11.6 Å². The first-order valence-electron chi connectivity index (χ1n) is 8.24. The minimum atomic E-state index is -0.155. The Morgan fingerprint density at radius 3 is 2.70 bits per heavy atom. The molecule has 0 saturated carbocycles. The van der Waals surface area contributed by atoms with Crippen molar-refractivity contribution in [1.82, 2.24) is 30.2 Å². The summed E-state index contributed by atoms with van der Waals surface area (Å²) in [7, 11) is 1.62. The highest BCUT2D eigenvalue weighted by molar-refractivity contribution is 7.99. The van der Waals surface area contributed by atoms with E-state index in [4.69, 9.17) is 4.74 Å². The third kappa shape index (κ3) is 3.41. The van der Waals surface area contributed by atoms with Crippen LogP contribution < -0.4 is 10.3 Å². The number of tetrazole rings is 1. The number of fused-ring (bicyclic) bond motifs is 1. The minimum Gasteiger partial charge on any atom is -0.497 e. The monoisotopic (exact) mass is 380 g/mol. The van der Waals surface area contributed by atoms with Crippen LogP contribution in [0.25, 0.3) is 16.6 Å². The van der Waals surface area contributed by atoms with Gasteiger partial charge in [-0.25, -0.2) is 4.98 Å². The second kappa shape index (κ2) is 7.20. The first kappa shape index (κ1) is 17.2. The molecule has 136 valence electrons. The molecule has 0 aliphatic heterocycles. The molecule has 0 unspecified atom stereocenters. The molecule has 1 N–H and O–H groups in total. The van der Waals surface area contributed by atoms with Gasteiger partial charge < -0.3 is 9.72 Å². The van der Waals surface area contributed by atoms with E-state index in [1.807, 2.05) is 49.4 Å². The first-order chi connectivity index (χ1) is 13.2. The molecule has 2 heterocycles. The molecular weight excluding hydrogens is 364 g/mol. The molecule has 0 saturated heterocycles. The molecule has 0 amide bonds. The summed E-state index contributed by atoms with van der Waals surface area (Å²) >= 11 is 1.41. The first-order valence-corrected chi connectivity index (χ1v) is 9.12. The Balaban J connectivity index is 1.63. The number of benzene rings is 2. The van der Waals surface area contributed by atoms with E-state index in [2.05, 4.69) is 25.5 Å². The van der Waals surface area contributed by atoms with Crippen LogP contribution in [-0.2, 0) is 0 Å². The van der Waals surface area contributed by atoms with E-state index in [1.165, 1.54) is 11.8 Å². The summed E-state index contributed by atoms with van der Waals surface area (Å²) in [6.45, 7) is 1.95. The lowest BCUT2D eigenvalue weighted by Crippen LogP contribution is -2.13. The van der Waals surface area contributed by atoms with E-state index in [9.17, 15) is 4.79 Å². The Kier molecular flexibility index (Phi) is 4.59. The topological polar surface area (TPSA) is 98.6 Å². The molecule has 0 radical (unpaired) electrons. The number of ether oxygens (including phenoxy) is 1. The number of nitrogens with one attached hydrogen (secondary N) is 1. The molecule has 0 fully saturated rings. The Hall–Kier alpha value is -3.20. The number of hydrogen-bond acceptors (Lipinski definition) is 7. The average molecular weight is 380 g/mol. The van der Waals surface area contributed by atoms with Crippen molar-refractivity contribution in [3.8, 4) is 11.4 Å². The van der Waals surface area contributed by atoms with Gasteiger partial charge in [-0.2, -0.15) is 4.68 Å². The summed E-state index contributed by atoms with van der Waals surface area (Å²) < 4.78 is 6.82. The maximum absolute atomic E-state index is 12.3. The van der Waals surface area contributed by atoms with Crippen LogP contribution in [0.2, 0.25) is 0 Å². The fraction of sp³-hybridized carbons (Fsp3) is 0.167. The van der Waals surface area contributed by atoms with Crippen LogP contribution in [0, 0.1) is 0 Å². The summed E-state index contributed by atoms with van der Waals surface area (Å²) in [5, 5.41) is 13.0. The fourth-order valence-electron chi connectivity index (χ4n) is 2.65. The number of rotatable bonds is 5. The Bertz CT molecular complexity index is 1140. The number of nitrogens with zero attached hydrogens (tertiary/aromatic N) is 5. The van der Waals surface area contributed by atoms with Gasteiger partial charge in [-0.15, -0.1) is 5.10 Å². The van der Waals surface area contributed by atoms with E-state index < -0.39 is 0 Å². The molecule has 4 rings (SSSR count). The number of thioether (sulfide) groups is 1. The van der Waals surface area contributed by atoms with Crippen molar-refractivity contribution in [2.24, 2.45) is 0 Å².